The maximum atomic E-state index is 14.0. The van der Waals surface area contributed by atoms with Crippen LogP contribution in [0.3, 0.4) is 0 Å². The molecule has 0 aromatic heterocycles. The summed E-state index contributed by atoms with van der Waals surface area (Å²) in [7, 11) is 1.47. The molecule has 1 aliphatic rings. The van der Waals surface area contributed by atoms with Crippen LogP contribution in [0.15, 0.2) is 18.2 Å². The maximum absolute atomic E-state index is 14.0. The summed E-state index contributed by atoms with van der Waals surface area (Å²) in [5, 5.41) is 9.84. The van der Waals surface area contributed by atoms with Gasteiger partial charge in [0.25, 0.3) is 0 Å². The summed E-state index contributed by atoms with van der Waals surface area (Å²) in [6, 6.07) is 5.18. The number of halogens is 1. The van der Waals surface area contributed by atoms with E-state index in [2.05, 4.69) is 4.90 Å². The number of methoxy groups -OCH3 is 1. The van der Waals surface area contributed by atoms with Crippen LogP contribution >= 0.6 is 0 Å². The lowest BCUT2D eigenvalue weighted by atomic mass is 9.96. The largest absolute Gasteiger partial charge is 0.494 e. The molecule has 1 aliphatic heterocycles. The van der Waals surface area contributed by atoms with Crippen molar-refractivity contribution < 1.29 is 14.2 Å². The number of hydrogen-bond acceptors (Lipinski definition) is 3. The van der Waals surface area contributed by atoms with Gasteiger partial charge in [-0.3, -0.25) is 4.90 Å². The van der Waals surface area contributed by atoms with Crippen LogP contribution in [-0.2, 0) is 6.54 Å². The zero-order valence-electron chi connectivity index (χ0n) is 10.9. The van der Waals surface area contributed by atoms with Crippen LogP contribution in [0, 0.1) is 11.7 Å². The van der Waals surface area contributed by atoms with E-state index in [9.17, 15) is 9.50 Å². The molecule has 1 saturated heterocycles. The van der Waals surface area contributed by atoms with Crippen molar-refractivity contribution in [1.82, 2.24) is 4.90 Å². The number of ether oxygens (including phenoxy) is 1. The fourth-order valence-corrected chi connectivity index (χ4v) is 2.33. The van der Waals surface area contributed by atoms with Crippen LogP contribution in [0.1, 0.15) is 18.9 Å². The lowest BCUT2D eigenvalue weighted by Crippen LogP contribution is -2.42. The number of rotatable bonds is 3. The van der Waals surface area contributed by atoms with Gasteiger partial charge in [0.1, 0.15) is 0 Å². The number of aliphatic hydroxyl groups excluding tert-OH is 1. The van der Waals surface area contributed by atoms with Crippen LogP contribution in [0.4, 0.5) is 4.39 Å². The van der Waals surface area contributed by atoms with Gasteiger partial charge in [-0.05, 0) is 24.9 Å². The molecule has 1 N–H and O–H groups in total. The lowest BCUT2D eigenvalue weighted by molar-refractivity contribution is 0.0254. The Bertz CT molecular complexity index is 411. The third-order valence-electron chi connectivity index (χ3n) is 3.66. The summed E-state index contributed by atoms with van der Waals surface area (Å²) in [5.74, 6) is 0.308. The summed E-state index contributed by atoms with van der Waals surface area (Å²) in [6.07, 6.45) is 0.639. The van der Waals surface area contributed by atoms with Crippen molar-refractivity contribution in [3.63, 3.8) is 0 Å². The molecule has 0 radical (unpaired) electrons. The number of hydrogen-bond donors (Lipinski definition) is 1. The second kappa shape index (κ2) is 5.67. The molecule has 1 fully saturated rings. The maximum Gasteiger partial charge on any atom is 0.169 e. The minimum atomic E-state index is -0.313. The molecular formula is C14H20FNO2. The summed E-state index contributed by atoms with van der Waals surface area (Å²) < 4.78 is 19.0. The van der Waals surface area contributed by atoms with Gasteiger partial charge in [0, 0.05) is 18.7 Å². The molecule has 18 heavy (non-hydrogen) atoms. The Morgan fingerprint density at radius 3 is 2.94 bits per heavy atom. The molecule has 0 spiro atoms. The van der Waals surface area contributed by atoms with Gasteiger partial charge in [0.15, 0.2) is 11.6 Å². The first-order chi connectivity index (χ1) is 8.61. The Hall–Kier alpha value is -1.13. The fraction of sp³-hybridized carbons (Fsp3) is 0.571. The number of benzene rings is 1. The fourth-order valence-electron chi connectivity index (χ4n) is 2.33. The van der Waals surface area contributed by atoms with E-state index in [1.54, 1.807) is 18.2 Å². The first-order valence-corrected chi connectivity index (χ1v) is 6.33. The molecule has 3 nitrogen and oxygen atoms in total. The van der Waals surface area contributed by atoms with Crippen LogP contribution in [-0.4, -0.2) is 36.3 Å². The molecule has 1 aromatic carbocycles. The standard InChI is InChI=1S/C14H20FNO2/c1-10-6-7-16(9-12(10)17)8-11-4-3-5-13(18-2)14(11)15/h3-5,10,12,17H,6-9H2,1-2H3. The lowest BCUT2D eigenvalue weighted by Gasteiger charge is -2.34. The van der Waals surface area contributed by atoms with E-state index in [1.165, 1.54) is 7.11 Å². The number of β-amino-alcohol motifs (C(OH)–C–C–N with tert-alkyl or cyclic N) is 1. The second-order valence-electron chi connectivity index (χ2n) is 5.00. The molecular weight excluding hydrogens is 233 g/mol. The average Bonchev–Trinajstić information content (AvgIpc) is 2.36. The van der Waals surface area contributed by atoms with Gasteiger partial charge in [-0.2, -0.15) is 0 Å². The summed E-state index contributed by atoms with van der Waals surface area (Å²) in [5.41, 5.74) is 0.621. The first kappa shape index (κ1) is 13.3. The third-order valence-corrected chi connectivity index (χ3v) is 3.66. The number of nitrogens with zero attached hydrogens (tertiary/aromatic N) is 1. The Morgan fingerprint density at radius 2 is 2.28 bits per heavy atom. The minimum Gasteiger partial charge on any atom is -0.494 e. The summed E-state index contributed by atoms with van der Waals surface area (Å²) in [4.78, 5) is 2.09. The Balaban J connectivity index is 2.06. The molecule has 0 aliphatic carbocycles. The van der Waals surface area contributed by atoms with E-state index in [-0.39, 0.29) is 17.7 Å². The van der Waals surface area contributed by atoms with Gasteiger partial charge in [-0.1, -0.05) is 19.1 Å². The molecule has 1 aromatic rings. The Morgan fingerprint density at radius 1 is 1.50 bits per heavy atom. The van der Waals surface area contributed by atoms with E-state index in [4.69, 9.17) is 4.74 Å². The number of piperidine rings is 1. The molecule has 2 rings (SSSR count). The third kappa shape index (κ3) is 2.82. The SMILES string of the molecule is COc1cccc(CN2CCC(C)C(O)C2)c1F. The highest BCUT2D eigenvalue weighted by molar-refractivity contribution is 5.31. The van der Waals surface area contributed by atoms with Gasteiger partial charge in [-0.25, -0.2) is 4.39 Å². The van der Waals surface area contributed by atoms with E-state index < -0.39 is 0 Å². The summed E-state index contributed by atoms with van der Waals surface area (Å²) >= 11 is 0. The molecule has 0 bridgehead atoms. The van der Waals surface area contributed by atoms with Crippen LogP contribution in [0.25, 0.3) is 0 Å². The van der Waals surface area contributed by atoms with Crippen molar-refractivity contribution in [3.05, 3.63) is 29.6 Å². The average molecular weight is 253 g/mol. The normalized spacial score (nSPS) is 25.1. The van der Waals surface area contributed by atoms with Crippen LogP contribution < -0.4 is 4.74 Å². The van der Waals surface area contributed by atoms with Crippen molar-refractivity contribution in [2.24, 2.45) is 5.92 Å². The zero-order chi connectivity index (χ0) is 13.1. The topological polar surface area (TPSA) is 32.7 Å². The predicted octanol–water partition coefficient (Wildman–Crippen LogP) is 2.04. The van der Waals surface area contributed by atoms with E-state index in [1.807, 2.05) is 6.92 Å². The summed E-state index contributed by atoms with van der Waals surface area (Å²) in [6.45, 7) is 4.08. The van der Waals surface area contributed by atoms with Crippen molar-refractivity contribution in [1.29, 1.82) is 0 Å². The van der Waals surface area contributed by atoms with Gasteiger partial charge < -0.3 is 9.84 Å². The highest BCUT2D eigenvalue weighted by atomic mass is 19.1. The van der Waals surface area contributed by atoms with Gasteiger partial charge >= 0.3 is 0 Å². The molecule has 2 atom stereocenters. The predicted molar refractivity (Wildman–Crippen MR) is 68.0 cm³/mol. The smallest absolute Gasteiger partial charge is 0.169 e. The highest BCUT2D eigenvalue weighted by Gasteiger charge is 2.24. The molecule has 100 valence electrons. The molecule has 4 heteroatoms. The Kier molecular flexibility index (Phi) is 4.19. The quantitative estimate of drug-likeness (QED) is 0.894. The van der Waals surface area contributed by atoms with Crippen molar-refractivity contribution in [2.45, 2.75) is 26.0 Å². The monoisotopic (exact) mass is 253 g/mol. The number of aliphatic hydroxyl groups is 1. The number of likely N-dealkylation sites (tertiary alicyclic amines) is 1. The molecule has 0 amide bonds. The van der Waals surface area contributed by atoms with Gasteiger partial charge in [-0.15, -0.1) is 0 Å². The van der Waals surface area contributed by atoms with Crippen molar-refractivity contribution in [2.75, 3.05) is 20.2 Å². The van der Waals surface area contributed by atoms with Crippen molar-refractivity contribution in [3.8, 4) is 5.75 Å². The first-order valence-electron chi connectivity index (χ1n) is 6.33. The van der Waals surface area contributed by atoms with E-state index in [0.29, 0.717) is 24.6 Å². The van der Waals surface area contributed by atoms with Crippen molar-refractivity contribution >= 4 is 0 Å². The van der Waals surface area contributed by atoms with Gasteiger partial charge in [0.2, 0.25) is 0 Å². The highest BCUT2D eigenvalue weighted by Crippen LogP contribution is 2.23. The molecule has 0 saturated carbocycles. The zero-order valence-corrected chi connectivity index (χ0v) is 10.9. The van der Waals surface area contributed by atoms with Crippen LogP contribution in [0.5, 0.6) is 5.75 Å². The molecule has 1 heterocycles. The van der Waals surface area contributed by atoms with Crippen LogP contribution in [0.2, 0.25) is 0 Å². The Labute approximate surface area is 107 Å². The van der Waals surface area contributed by atoms with Gasteiger partial charge in [0.05, 0.1) is 13.2 Å². The minimum absolute atomic E-state index is 0.276. The second-order valence-corrected chi connectivity index (χ2v) is 5.00. The molecule has 2 unspecified atom stereocenters. The van der Waals surface area contributed by atoms with E-state index >= 15 is 0 Å². The van der Waals surface area contributed by atoms with E-state index in [0.717, 1.165) is 13.0 Å².